The van der Waals surface area contributed by atoms with Crippen molar-refractivity contribution in [3.63, 3.8) is 0 Å². The second kappa shape index (κ2) is 4.23. The largest absolute Gasteiger partial charge is 0.300 e. The highest BCUT2D eigenvalue weighted by molar-refractivity contribution is 8.01. The lowest BCUT2D eigenvalue weighted by Crippen LogP contribution is -2.11. The highest BCUT2D eigenvalue weighted by atomic mass is 32.2. The quantitative estimate of drug-likeness (QED) is 0.568. The van der Waals surface area contributed by atoms with Crippen LogP contribution in [0.1, 0.15) is 29.3 Å². The summed E-state index contributed by atoms with van der Waals surface area (Å²) >= 11 is 1.80. The van der Waals surface area contributed by atoms with E-state index >= 15 is 0 Å². The molecule has 80 valence electrons. The summed E-state index contributed by atoms with van der Waals surface area (Å²) in [5.74, 6) is 0.900. The summed E-state index contributed by atoms with van der Waals surface area (Å²) in [4.78, 5) is 15.2. The van der Waals surface area contributed by atoms with Crippen molar-refractivity contribution in [2.24, 2.45) is 0 Å². The summed E-state index contributed by atoms with van der Waals surface area (Å²) in [6.07, 6.45) is 3.84. The zero-order valence-corrected chi connectivity index (χ0v) is 9.75. The van der Waals surface area contributed by atoms with E-state index in [0.717, 1.165) is 29.8 Å². The molecule has 0 saturated carbocycles. The minimum absolute atomic E-state index is 0.646. The van der Waals surface area contributed by atoms with Crippen LogP contribution in [-0.2, 0) is 0 Å². The molecule has 3 nitrogen and oxygen atoms in total. The molecule has 1 saturated heterocycles. The van der Waals surface area contributed by atoms with Crippen molar-refractivity contribution < 1.29 is 4.79 Å². The Kier molecular flexibility index (Phi) is 2.95. The second-order valence-electron chi connectivity index (χ2n) is 3.82. The molecule has 1 aliphatic heterocycles. The number of hydrogen-bond acceptors (Lipinski definition) is 4. The number of rotatable bonds is 2. The maximum absolute atomic E-state index is 10.8. The summed E-state index contributed by atoms with van der Waals surface area (Å²) in [5, 5.41) is 0.646. The Hall–Kier alpha value is -1.03. The SMILES string of the molecule is Cc1cnc(N2CCC(C)S2)cc1C=O. The van der Waals surface area contributed by atoms with Gasteiger partial charge in [0.05, 0.1) is 0 Å². The predicted octanol–water partition coefficient (Wildman–Crippen LogP) is 2.45. The van der Waals surface area contributed by atoms with Crippen molar-refractivity contribution >= 4 is 24.1 Å². The molecule has 0 N–H and O–H groups in total. The topological polar surface area (TPSA) is 33.2 Å². The zero-order chi connectivity index (χ0) is 10.8. The van der Waals surface area contributed by atoms with Crippen LogP contribution in [0.25, 0.3) is 0 Å². The predicted molar refractivity (Wildman–Crippen MR) is 63.4 cm³/mol. The first kappa shape index (κ1) is 10.5. The van der Waals surface area contributed by atoms with Gasteiger partial charge >= 0.3 is 0 Å². The Bertz CT molecular complexity index is 381. The molecule has 1 atom stereocenters. The maximum atomic E-state index is 10.8. The normalized spacial score (nSPS) is 20.7. The number of aldehydes is 1. The van der Waals surface area contributed by atoms with E-state index in [2.05, 4.69) is 16.2 Å². The smallest absolute Gasteiger partial charge is 0.150 e. The van der Waals surface area contributed by atoms with Gasteiger partial charge in [-0.15, -0.1) is 0 Å². The van der Waals surface area contributed by atoms with E-state index < -0.39 is 0 Å². The molecule has 2 heterocycles. The zero-order valence-electron chi connectivity index (χ0n) is 8.93. The third-order valence-corrected chi connectivity index (χ3v) is 3.78. The molecule has 0 radical (unpaired) electrons. The van der Waals surface area contributed by atoms with Gasteiger partial charge in [-0.2, -0.15) is 0 Å². The van der Waals surface area contributed by atoms with Crippen LogP contribution in [0.4, 0.5) is 5.82 Å². The summed E-state index contributed by atoms with van der Waals surface area (Å²) in [6, 6.07) is 1.87. The van der Waals surface area contributed by atoms with Gasteiger partial charge in [-0.05, 0) is 36.9 Å². The van der Waals surface area contributed by atoms with E-state index in [-0.39, 0.29) is 0 Å². The van der Waals surface area contributed by atoms with Crippen LogP contribution in [0.15, 0.2) is 12.3 Å². The average molecular weight is 222 g/mol. The Balaban J connectivity index is 2.25. The molecule has 1 fully saturated rings. The first-order chi connectivity index (χ1) is 7.20. The lowest BCUT2D eigenvalue weighted by Gasteiger charge is -2.15. The van der Waals surface area contributed by atoms with Gasteiger partial charge < -0.3 is 4.31 Å². The number of aryl methyl sites for hydroxylation is 1. The Morgan fingerprint density at radius 2 is 2.47 bits per heavy atom. The summed E-state index contributed by atoms with van der Waals surface area (Å²) in [6.45, 7) is 5.12. The standard InChI is InChI=1S/C11H14N2OS/c1-8-6-12-11(5-10(8)7-14)13-4-3-9(2)15-13/h5-7,9H,3-4H2,1-2H3. The van der Waals surface area contributed by atoms with Gasteiger partial charge in [0, 0.05) is 23.6 Å². The molecular formula is C11H14N2OS. The number of hydrogen-bond donors (Lipinski definition) is 0. The molecule has 2 rings (SSSR count). The van der Waals surface area contributed by atoms with Crippen molar-refractivity contribution in [3.05, 3.63) is 23.4 Å². The molecule has 1 aromatic rings. The lowest BCUT2D eigenvalue weighted by molar-refractivity contribution is 0.112. The van der Waals surface area contributed by atoms with E-state index in [1.807, 2.05) is 13.0 Å². The van der Waals surface area contributed by atoms with Crippen LogP contribution in [0.2, 0.25) is 0 Å². The Morgan fingerprint density at radius 3 is 3.07 bits per heavy atom. The van der Waals surface area contributed by atoms with E-state index in [4.69, 9.17) is 0 Å². The van der Waals surface area contributed by atoms with Crippen molar-refractivity contribution in [1.29, 1.82) is 0 Å². The maximum Gasteiger partial charge on any atom is 0.150 e. The van der Waals surface area contributed by atoms with Crippen molar-refractivity contribution in [1.82, 2.24) is 4.98 Å². The molecule has 15 heavy (non-hydrogen) atoms. The molecule has 0 aliphatic carbocycles. The highest BCUT2D eigenvalue weighted by Gasteiger charge is 2.21. The lowest BCUT2D eigenvalue weighted by atomic mass is 10.2. The first-order valence-electron chi connectivity index (χ1n) is 5.07. The van der Waals surface area contributed by atoms with E-state index in [0.29, 0.717) is 5.25 Å². The minimum Gasteiger partial charge on any atom is -0.300 e. The third-order valence-electron chi connectivity index (χ3n) is 2.56. The molecule has 0 bridgehead atoms. The third kappa shape index (κ3) is 2.15. The number of aromatic nitrogens is 1. The molecule has 0 spiro atoms. The Labute approximate surface area is 94.0 Å². The minimum atomic E-state index is 0.646. The summed E-state index contributed by atoms with van der Waals surface area (Å²) in [5.41, 5.74) is 1.67. The summed E-state index contributed by atoms with van der Waals surface area (Å²) in [7, 11) is 0. The van der Waals surface area contributed by atoms with Gasteiger partial charge in [0.2, 0.25) is 0 Å². The summed E-state index contributed by atoms with van der Waals surface area (Å²) < 4.78 is 2.16. The Morgan fingerprint density at radius 1 is 1.67 bits per heavy atom. The van der Waals surface area contributed by atoms with Crippen molar-refractivity contribution in [3.8, 4) is 0 Å². The number of carbonyl (C=O) groups excluding carboxylic acids is 1. The van der Waals surface area contributed by atoms with Crippen LogP contribution in [0.3, 0.4) is 0 Å². The first-order valence-corrected chi connectivity index (χ1v) is 5.90. The van der Waals surface area contributed by atoms with Gasteiger partial charge in [0.15, 0.2) is 6.29 Å². The van der Waals surface area contributed by atoms with E-state index in [1.165, 1.54) is 6.42 Å². The average Bonchev–Trinajstić information content (AvgIpc) is 2.66. The molecule has 1 unspecified atom stereocenters. The van der Waals surface area contributed by atoms with Gasteiger partial charge in [0.25, 0.3) is 0 Å². The second-order valence-corrected chi connectivity index (χ2v) is 5.28. The number of pyridine rings is 1. The van der Waals surface area contributed by atoms with Crippen LogP contribution in [0.5, 0.6) is 0 Å². The van der Waals surface area contributed by atoms with Crippen LogP contribution >= 0.6 is 11.9 Å². The van der Waals surface area contributed by atoms with Crippen molar-refractivity contribution in [2.45, 2.75) is 25.5 Å². The van der Waals surface area contributed by atoms with Crippen molar-refractivity contribution in [2.75, 3.05) is 10.8 Å². The van der Waals surface area contributed by atoms with Gasteiger partial charge in [-0.1, -0.05) is 6.92 Å². The number of nitrogens with zero attached hydrogens (tertiary/aromatic N) is 2. The number of carbonyl (C=O) groups is 1. The van der Waals surface area contributed by atoms with Crippen LogP contribution in [0, 0.1) is 6.92 Å². The fourth-order valence-electron chi connectivity index (χ4n) is 1.58. The van der Waals surface area contributed by atoms with Crippen LogP contribution in [-0.4, -0.2) is 23.1 Å². The molecule has 4 heteroatoms. The molecule has 0 amide bonds. The highest BCUT2D eigenvalue weighted by Crippen LogP contribution is 2.32. The molecule has 1 aliphatic rings. The molecule has 0 aromatic carbocycles. The van der Waals surface area contributed by atoms with Gasteiger partial charge in [-0.3, -0.25) is 4.79 Å². The fraction of sp³-hybridized carbons (Fsp3) is 0.455. The van der Waals surface area contributed by atoms with E-state index in [9.17, 15) is 4.79 Å². The number of anilines is 1. The van der Waals surface area contributed by atoms with E-state index in [1.54, 1.807) is 18.1 Å². The van der Waals surface area contributed by atoms with Crippen LogP contribution < -0.4 is 4.31 Å². The van der Waals surface area contributed by atoms with Gasteiger partial charge in [0.1, 0.15) is 5.82 Å². The fourth-order valence-corrected chi connectivity index (χ4v) is 2.65. The molecular weight excluding hydrogens is 208 g/mol. The monoisotopic (exact) mass is 222 g/mol. The van der Waals surface area contributed by atoms with Gasteiger partial charge in [-0.25, -0.2) is 4.98 Å². The molecule has 1 aromatic heterocycles.